The molecular formula is C15H20N2O4. The maximum absolute atomic E-state index is 12.2. The molecular weight excluding hydrogens is 272 g/mol. The molecule has 2 N–H and O–H groups in total. The third-order valence-electron chi connectivity index (χ3n) is 3.22. The normalized spacial score (nSPS) is 18.4. The summed E-state index contributed by atoms with van der Waals surface area (Å²) >= 11 is 0. The molecule has 6 nitrogen and oxygen atoms in total. The number of hydrogen-bond acceptors (Lipinski definition) is 5. The van der Waals surface area contributed by atoms with E-state index in [0.29, 0.717) is 18.8 Å². The third kappa shape index (κ3) is 3.59. The molecule has 0 aromatic heterocycles. The molecule has 114 valence electrons. The predicted molar refractivity (Wildman–Crippen MR) is 78.2 cm³/mol. The Morgan fingerprint density at radius 3 is 2.67 bits per heavy atom. The van der Waals surface area contributed by atoms with Gasteiger partial charge in [-0.05, 0) is 30.7 Å². The van der Waals surface area contributed by atoms with Crippen LogP contribution in [-0.4, -0.2) is 42.7 Å². The summed E-state index contributed by atoms with van der Waals surface area (Å²) in [6.45, 7) is 2.88. The van der Waals surface area contributed by atoms with Crippen molar-refractivity contribution in [3.8, 4) is 5.75 Å². The molecule has 1 saturated heterocycles. The van der Waals surface area contributed by atoms with E-state index in [0.717, 1.165) is 12.2 Å². The lowest BCUT2D eigenvalue weighted by atomic mass is 10.2. The van der Waals surface area contributed by atoms with Gasteiger partial charge in [0.1, 0.15) is 5.75 Å². The Kier molecular flexibility index (Phi) is 5.30. The van der Waals surface area contributed by atoms with E-state index < -0.39 is 6.04 Å². The van der Waals surface area contributed by atoms with E-state index in [2.05, 4.69) is 5.32 Å². The largest absolute Gasteiger partial charge is 0.494 e. The molecule has 0 unspecified atom stereocenters. The van der Waals surface area contributed by atoms with Crippen molar-refractivity contribution in [3.63, 3.8) is 0 Å². The van der Waals surface area contributed by atoms with Crippen molar-refractivity contribution in [2.75, 3.05) is 24.7 Å². The summed E-state index contributed by atoms with van der Waals surface area (Å²) < 4.78 is 5.47. The van der Waals surface area contributed by atoms with Gasteiger partial charge in [0.2, 0.25) is 5.91 Å². The van der Waals surface area contributed by atoms with Crippen LogP contribution < -0.4 is 15.0 Å². The lowest BCUT2D eigenvalue weighted by molar-refractivity contribution is -0.121. The summed E-state index contributed by atoms with van der Waals surface area (Å²) in [7, 11) is 0. The molecule has 0 saturated carbocycles. The molecule has 1 aromatic carbocycles. The van der Waals surface area contributed by atoms with Gasteiger partial charge in [0.15, 0.2) is 0 Å². The van der Waals surface area contributed by atoms with Crippen molar-refractivity contribution >= 4 is 17.5 Å². The number of anilines is 1. The number of carbonyl (C=O) groups excluding carboxylic acids is 2. The van der Waals surface area contributed by atoms with Crippen LogP contribution in [0.25, 0.3) is 0 Å². The van der Waals surface area contributed by atoms with Gasteiger partial charge in [0.05, 0.1) is 31.4 Å². The standard InChI is InChI=1S/C15H20N2O4/c1-2-9-21-12-5-3-11(4-6-12)17-14(19)10-13(15(17)20)16-7-8-18/h3-6,13,16,18H,2,7-10H2,1H3/t13-/m0/s1. The van der Waals surface area contributed by atoms with Crippen LogP contribution >= 0.6 is 0 Å². The average molecular weight is 292 g/mol. The molecule has 2 rings (SSSR count). The molecule has 1 heterocycles. The van der Waals surface area contributed by atoms with Gasteiger partial charge in [-0.1, -0.05) is 6.92 Å². The Bertz CT molecular complexity index is 501. The second-order valence-corrected chi connectivity index (χ2v) is 4.84. The third-order valence-corrected chi connectivity index (χ3v) is 3.22. The molecule has 1 atom stereocenters. The molecule has 0 bridgehead atoms. The predicted octanol–water partition coefficient (Wildman–Crippen LogP) is 0.689. The fraction of sp³-hybridized carbons (Fsp3) is 0.467. The van der Waals surface area contributed by atoms with Crippen LogP contribution in [0.3, 0.4) is 0 Å². The number of imide groups is 1. The zero-order valence-electron chi connectivity index (χ0n) is 12.0. The van der Waals surface area contributed by atoms with Crippen LogP contribution in [0.2, 0.25) is 0 Å². The summed E-state index contributed by atoms with van der Waals surface area (Å²) in [6, 6.07) is 6.35. The molecule has 1 aliphatic rings. The van der Waals surface area contributed by atoms with E-state index >= 15 is 0 Å². The highest BCUT2D eigenvalue weighted by molar-refractivity contribution is 6.22. The van der Waals surface area contributed by atoms with Crippen LogP contribution in [0.5, 0.6) is 5.75 Å². The van der Waals surface area contributed by atoms with Crippen LogP contribution in [0.1, 0.15) is 19.8 Å². The molecule has 21 heavy (non-hydrogen) atoms. The summed E-state index contributed by atoms with van der Waals surface area (Å²) in [5.74, 6) is 0.197. The quantitative estimate of drug-likeness (QED) is 0.723. The van der Waals surface area contributed by atoms with E-state index in [-0.39, 0.29) is 24.8 Å². The van der Waals surface area contributed by atoms with Gasteiger partial charge in [-0.3, -0.25) is 9.59 Å². The maximum atomic E-state index is 12.2. The smallest absolute Gasteiger partial charge is 0.251 e. The molecule has 0 aliphatic carbocycles. The summed E-state index contributed by atoms with van der Waals surface area (Å²) in [6.07, 6.45) is 1.04. The first-order valence-electron chi connectivity index (χ1n) is 7.11. The second kappa shape index (κ2) is 7.19. The van der Waals surface area contributed by atoms with Crippen LogP contribution in [-0.2, 0) is 9.59 Å². The first kappa shape index (κ1) is 15.5. The average Bonchev–Trinajstić information content (AvgIpc) is 2.78. The van der Waals surface area contributed by atoms with Gasteiger partial charge >= 0.3 is 0 Å². The van der Waals surface area contributed by atoms with Crippen molar-refractivity contribution in [3.05, 3.63) is 24.3 Å². The number of ether oxygens (including phenoxy) is 1. The lowest BCUT2D eigenvalue weighted by Crippen LogP contribution is -2.39. The van der Waals surface area contributed by atoms with Crippen LogP contribution in [0.15, 0.2) is 24.3 Å². The van der Waals surface area contributed by atoms with Crippen molar-refractivity contribution in [2.45, 2.75) is 25.8 Å². The van der Waals surface area contributed by atoms with E-state index in [4.69, 9.17) is 9.84 Å². The number of benzene rings is 1. The number of aliphatic hydroxyl groups excluding tert-OH is 1. The summed E-state index contributed by atoms with van der Waals surface area (Å²) in [5, 5.41) is 11.6. The zero-order valence-corrected chi connectivity index (χ0v) is 12.0. The monoisotopic (exact) mass is 292 g/mol. The lowest BCUT2D eigenvalue weighted by Gasteiger charge is -2.16. The van der Waals surface area contributed by atoms with Gasteiger partial charge in [-0.2, -0.15) is 0 Å². The Morgan fingerprint density at radius 2 is 2.05 bits per heavy atom. The Hall–Kier alpha value is -1.92. The molecule has 0 radical (unpaired) electrons. The number of nitrogens with zero attached hydrogens (tertiary/aromatic N) is 1. The van der Waals surface area contributed by atoms with E-state index in [1.165, 1.54) is 4.90 Å². The number of nitrogens with one attached hydrogen (secondary N) is 1. The van der Waals surface area contributed by atoms with Gasteiger partial charge in [0.25, 0.3) is 5.91 Å². The molecule has 1 fully saturated rings. The topological polar surface area (TPSA) is 78.9 Å². The van der Waals surface area contributed by atoms with Crippen molar-refractivity contribution in [2.24, 2.45) is 0 Å². The highest BCUT2D eigenvalue weighted by Crippen LogP contribution is 2.25. The van der Waals surface area contributed by atoms with E-state index in [1.807, 2.05) is 6.92 Å². The minimum Gasteiger partial charge on any atom is -0.494 e. The molecule has 0 spiro atoms. The van der Waals surface area contributed by atoms with Crippen LogP contribution in [0.4, 0.5) is 5.69 Å². The second-order valence-electron chi connectivity index (χ2n) is 4.84. The highest BCUT2D eigenvalue weighted by Gasteiger charge is 2.39. The Morgan fingerprint density at radius 1 is 1.33 bits per heavy atom. The van der Waals surface area contributed by atoms with E-state index in [1.54, 1.807) is 24.3 Å². The van der Waals surface area contributed by atoms with E-state index in [9.17, 15) is 9.59 Å². The summed E-state index contributed by atoms with van der Waals surface area (Å²) in [5.41, 5.74) is 0.544. The first-order valence-corrected chi connectivity index (χ1v) is 7.11. The van der Waals surface area contributed by atoms with Gasteiger partial charge in [-0.15, -0.1) is 0 Å². The minimum atomic E-state index is -0.555. The van der Waals surface area contributed by atoms with Crippen molar-refractivity contribution in [1.82, 2.24) is 5.32 Å². The van der Waals surface area contributed by atoms with Crippen LogP contribution in [0, 0.1) is 0 Å². The Labute approximate surface area is 123 Å². The maximum Gasteiger partial charge on any atom is 0.251 e. The van der Waals surface area contributed by atoms with Crippen molar-refractivity contribution in [1.29, 1.82) is 0 Å². The van der Waals surface area contributed by atoms with Gasteiger partial charge < -0.3 is 15.2 Å². The number of amides is 2. The first-order chi connectivity index (χ1) is 10.2. The minimum absolute atomic E-state index is 0.0680. The number of rotatable bonds is 7. The SMILES string of the molecule is CCCOc1ccc(N2C(=O)C[C@H](NCCO)C2=O)cc1. The molecule has 6 heteroatoms. The van der Waals surface area contributed by atoms with Gasteiger partial charge in [0, 0.05) is 6.54 Å². The highest BCUT2D eigenvalue weighted by atomic mass is 16.5. The fourth-order valence-corrected chi connectivity index (χ4v) is 2.21. The fourth-order valence-electron chi connectivity index (χ4n) is 2.21. The number of hydrogen-bond donors (Lipinski definition) is 2. The Balaban J connectivity index is 2.06. The molecule has 2 amide bonds. The number of carbonyl (C=O) groups is 2. The molecule has 1 aliphatic heterocycles. The zero-order chi connectivity index (χ0) is 15.2. The molecule has 1 aromatic rings. The van der Waals surface area contributed by atoms with Crippen molar-refractivity contribution < 1.29 is 19.4 Å². The summed E-state index contributed by atoms with van der Waals surface area (Å²) in [4.78, 5) is 25.4. The number of aliphatic hydroxyl groups is 1. The van der Waals surface area contributed by atoms with Gasteiger partial charge in [-0.25, -0.2) is 4.90 Å².